The van der Waals surface area contributed by atoms with Crippen LogP contribution in [0.3, 0.4) is 0 Å². The normalized spacial score (nSPS) is 34.8. The second-order valence-corrected chi connectivity index (χ2v) is 7.01. The molecular weight excluding hydrogens is 262 g/mol. The van der Waals surface area contributed by atoms with Gasteiger partial charge >= 0.3 is 0 Å². The molecule has 0 aromatic heterocycles. The van der Waals surface area contributed by atoms with Crippen molar-refractivity contribution in [3.63, 3.8) is 0 Å². The Balaban J connectivity index is 1.86. The first kappa shape index (κ1) is 16.8. The summed E-state index contributed by atoms with van der Waals surface area (Å²) in [6.45, 7) is 5.89. The number of amides is 1. The number of hydrogen-bond donors (Lipinski definition) is 2. The average molecular weight is 295 g/mol. The van der Waals surface area contributed by atoms with Crippen molar-refractivity contribution in [1.82, 2.24) is 10.2 Å². The SMILES string of the molecule is CCC1CCCN(CCC2CCCC2(NC)C(N)=O)CC1. The highest BCUT2D eigenvalue weighted by molar-refractivity contribution is 5.85. The van der Waals surface area contributed by atoms with Crippen LogP contribution in [0.25, 0.3) is 0 Å². The van der Waals surface area contributed by atoms with Gasteiger partial charge < -0.3 is 16.0 Å². The summed E-state index contributed by atoms with van der Waals surface area (Å²) in [7, 11) is 1.89. The zero-order valence-electron chi connectivity index (χ0n) is 13.9. The predicted octanol–water partition coefficient (Wildman–Crippen LogP) is 2.13. The van der Waals surface area contributed by atoms with Crippen LogP contribution in [-0.2, 0) is 4.79 Å². The largest absolute Gasteiger partial charge is 0.368 e. The molecule has 1 aliphatic carbocycles. The number of primary amides is 1. The number of nitrogens with one attached hydrogen (secondary N) is 1. The molecule has 122 valence electrons. The smallest absolute Gasteiger partial charge is 0.238 e. The number of rotatable bonds is 6. The van der Waals surface area contributed by atoms with E-state index in [2.05, 4.69) is 17.1 Å². The Morgan fingerprint density at radius 1 is 1.29 bits per heavy atom. The summed E-state index contributed by atoms with van der Waals surface area (Å²) in [4.78, 5) is 14.5. The van der Waals surface area contributed by atoms with Gasteiger partial charge in [-0.1, -0.05) is 19.8 Å². The molecular formula is C17H33N3O. The second-order valence-electron chi connectivity index (χ2n) is 7.01. The van der Waals surface area contributed by atoms with Crippen molar-refractivity contribution < 1.29 is 4.79 Å². The molecule has 1 saturated heterocycles. The van der Waals surface area contributed by atoms with Gasteiger partial charge in [0.25, 0.3) is 0 Å². The monoisotopic (exact) mass is 295 g/mol. The van der Waals surface area contributed by atoms with E-state index in [4.69, 9.17) is 5.73 Å². The van der Waals surface area contributed by atoms with Gasteiger partial charge in [-0.15, -0.1) is 0 Å². The number of likely N-dealkylation sites (tertiary alicyclic amines) is 1. The van der Waals surface area contributed by atoms with E-state index >= 15 is 0 Å². The minimum absolute atomic E-state index is 0.158. The van der Waals surface area contributed by atoms with Crippen molar-refractivity contribution in [1.29, 1.82) is 0 Å². The van der Waals surface area contributed by atoms with E-state index in [0.717, 1.165) is 38.1 Å². The van der Waals surface area contributed by atoms with Crippen molar-refractivity contribution in [2.75, 3.05) is 26.7 Å². The topological polar surface area (TPSA) is 58.4 Å². The first-order valence-electron chi connectivity index (χ1n) is 8.83. The summed E-state index contributed by atoms with van der Waals surface area (Å²) in [5.41, 5.74) is 5.24. The lowest BCUT2D eigenvalue weighted by Crippen LogP contribution is -2.56. The molecule has 3 atom stereocenters. The Labute approximate surface area is 129 Å². The van der Waals surface area contributed by atoms with Crippen LogP contribution in [0, 0.1) is 11.8 Å². The van der Waals surface area contributed by atoms with E-state index in [-0.39, 0.29) is 5.91 Å². The highest BCUT2D eigenvalue weighted by Gasteiger charge is 2.46. The standard InChI is InChI=1S/C17H33N3O/c1-3-14-6-5-11-20(12-8-14)13-9-15-7-4-10-17(15,19-2)16(18)21/h14-15,19H,3-13H2,1-2H3,(H2,18,21). The van der Waals surface area contributed by atoms with E-state index in [1.165, 1.54) is 38.8 Å². The zero-order valence-corrected chi connectivity index (χ0v) is 13.9. The number of carbonyl (C=O) groups is 1. The van der Waals surface area contributed by atoms with Crippen molar-refractivity contribution >= 4 is 5.91 Å². The molecule has 2 fully saturated rings. The van der Waals surface area contributed by atoms with Gasteiger partial charge in [-0.2, -0.15) is 0 Å². The maximum Gasteiger partial charge on any atom is 0.238 e. The molecule has 3 N–H and O–H groups in total. The number of likely N-dealkylation sites (N-methyl/N-ethyl adjacent to an activating group) is 1. The fourth-order valence-corrected chi connectivity index (χ4v) is 4.44. The van der Waals surface area contributed by atoms with E-state index in [1.807, 2.05) is 7.05 Å². The second kappa shape index (κ2) is 7.59. The molecule has 1 aliphatic heterocycles. The molecule has 21 heavy (non-hydrogen) atoms. The molecule has 0 bridgehead atoms. The Morgan fingerprint density at radius 3 is 2.76 bits per heavy atom. The molecule has 2 aliphatic rings. The fourth-order valence-electron chi connectivity index (χ4n) is 4.44. The van der Waals surface area contributed by atoms with Crippen molar-refractivity contribution in [3.8, 4) is 0 Å². The lowest BCUT2D eigenvalue weighted by atomic mass is 9.84. The number of hydrogen-bond acceptors (Lipinski definition) is 3. The van der Waals surface area contributed by atoms with Crippen LogP contribution < -0.4 is 11.1 Å². The molecule has 0 spiro atoms. The molecule has 1 heterocycles. The van der Waals surface area contributed by atoms with Gasteiger partial charge in [0.05, 0.1) is 0 Å². The minimum Gasteiger partial charge on any atom is -0.368 e. The van der Waals surface area contributed by atoms with Crippen LogP contribution in [0.15, 0.2) is 0 Å². The predicted molar refractivity (Wildman–Crippen MR) is 87.0 cm³/mol. The quantitative estimate of drug-likeness (QED) is 0.789. The molecule has 3 unspecified atom stereocenters. The molecule has 2 rings (SSSR count). The Hall–Kier alpha value is -0.610. The average Bonchev–Trinajstić information content (AvgIpc) is 2.77. The summed E-state index contributed by atoms with van der Waals surface area (Å²) < 4.78 is 0. The zero-order chi connectivity index (χ0) is 15.3. The Bertz CT molecular complexity index is 347. The summed E-state index contributed by atoms with van der Waals surface area (Å²) in [6.07, 6.45) is 9.63. The van der Waals surface area contributed by atoms with E-state index in [9.17, 15) is 4.79 Å². The van der Waals surface area contributed by atoms with E-state index in [0.29, 0.717) is 5.92 Å². The molecule has 0 aromatic rings. The molecule has 0 radical (unpaired) electrons. The van der Waals surface area contributed by atoms with Crippen LogP contribution >= 0.6 is 0 Å². The molecule has 1 saturated carbocycles. The third-order valence-corrected chi connectivity index (χ3v) is 6.02. The van der Waals surface area contributed by atoms with Crippen LogP contribution in [0.1, 0.15) is 58.3 Å². The Morgan fingerprint density at radius 2 is 2.10 bits per heavy atom. The summed E-state index contributed by atoms with van der Waals surface area (Å²) >= 11 is 0. The summed E-state index contributed by atoms with van der Waals surface area (Å²) in [6, 6.07) is 0. The lowest BCUT2D eigenvalue weighted by molar-refractivity contribution is -0.125. The van der Waals surface area contributed by atoms with Gasteiger partial charge in [-0.25, -0.2) is 0 Å². The lowest BCUT2D eigenvalue weighted by Gasteiger charge is -2.33. The maximum atomic E-state index is 11.9. The molecule has 0 aromatic carbocycles. The molecule has 1 amide bonds. The van der Waals surface area contributed by atoms with Crippen molar-refractivity contribution in [3.05, 3.63) is 0 Å². The van der Waals surface area contributed by atoms with Gasteiger partial charge in [-0.3, -0.25) is 4.79 Å². The Kier molecular flexibility index (Phi) is 6.06. The van der Waals surface area contributed by atoms with Crippen LogP contribution in [0.4, 0.5) is 0 Å². The third-order valence-electron chi connectivity index (χ3n) is 6.02. The van der Waals surface area contributed by atoms with E-state index < -0.39 is 5.54 Å². The van der Waals surface area contributed by atoms with Crippen LogP contribution in [0.5, 0.6) is 0 Å². The van der Waals surface area contributed by atoms with Gasteiger partial charge in [0.1, 0.15) is 5.54 Å². The molecule has 4 heteroatoms. The highest BCUT2D eigenvalue weighted by atomic mass is 16.1. The van der Waals surface area contributed by atoms with Crippen molar-refractivity contribution in [2.45, 2.75) is 63.8 Å². The maximum absolute atomic E-state index is 11.9. The highest BCUT2D eigenvalue weighted by Crippen LogP contribution is 2.37. The number of carbonyl (C=O) groups excluding carboxylic acids is 1. The van der Waals surface area contributed by atoms with Gasteiger partial charge in [-0.05, 0) is 77.0 Å². The van der Waals surface area contributed by atoms with Crippen LogP contribution in [0.2, 0.25) is 0 Å². The first-order valence-corrected chi connectivity index (χ1v) is 8.83. The fraction of sp³-hybridized carbons (Fsp3) is 0.941. The summed E-state index contributed by atoms with van der Waals surface area (Å²) in [5, 5.41) is 3.25. The minimum atomic E-state index is -0.447. The van der Waals surface area contributed by atoms with Gasteiger partial charge in [0.15, 0.2) is 0 Å². The van der Waals surface area contributed by atoms with Gasteiger partial charge in [0, 0.05) is 0 Å². The number of nitrogens with zero attached hydrogens (tertiary/aromatic N) is 1. The first-order chi connectivity index (χ1) is 10.1. The third kappa shape index (κ3) is 3.78. The van der Waals surface area contributed by atoms with Gasteiger partial charge in [0.2, 0.25) is 5.91 Å². The van der Waals surface area contributed by atoms with Crippen molar-refractivity contribution in [2.24, 2.45) is 17.6 Å². The number of nitrogens with two attached hydrogens (primary N) is 1. The molecule has 4 nitrogen and oxygen atoms in total. The van der Waals surface area contributed by atoms with Crippen LogP contribution in [-0.4, -0.2) is 43.0 Å². The van der Waals surface area contributed by atoms with E-state index in [1.54, 1.807) is 0 Å². The summed E-state index contributed by atoms with van der Waals surface area (Å²) in [5.74, 6) is 1.17.